The Balaban J connectivity index is 1.84. The topological polar surface area (TPSA) is 25.8 Å². The minimum Gasteiger partial charge on any atom is -0.154 e. The third-order valence-electron chi connectivity index (χ3n) is 4.85. The molecule has 0 amide bonds. The molecule has 1 heterocycles. The van der Waals surface area contributed by atoms with Crippen LogP contribution >= 0.6 is 11.8 Å². The lowest BCUT2D eigenvalue weighted by Crippen LogP contribution is -2.06. The summed E-state index contributed by atoms with van der Waals surface area (Å²) in [4.78, 5) is 1.25. The SMILES string of the molecule is CCSc1c(Cc2ccccc2)nnc(Cc2ccccc2)c1-c1ccccc1. The Labute approximate surface area is 177 Å². The summed E-state index contributed by atoms with van der Waals surface area (Å²) in [5.41, 5.74) is 7.03. The molecule has 0 fully saturated rings. The van der Waals surface area contributed by atoms with Crippen molar-refractivity contribution in [2.24, 2.45) is 0 Å². The van der Waals surface area contributed by atoms with Crippen LogP contribution in [0.25, 0.3) is 11.1 Å². The fraction of sp³-hybridized carbons (Fsp3) is 0.154. The van der Waals surface area contributed by atoms with Crippen molar-refractivity contribution in [2.45, 2.75) is 24.7 Å². The quantitative estimate of drug-likeness (QED) is 0.336. The highest BCUT2D eigenvalue weighted by atomic mass is 32.2. The summed E-state index contributed by atoms with van der Waals surface area (Å²) in [6.45, 7) is 2.20. The van der Waals surface area contributed by atoms with Crippen LogP contribution in [0.5, 0.6) is 0 Å². The van der Waals surface area contributed by atoms with E-state index in [4.69, 9.17) is 10.2 Å². The molecule has 29 heavy (non-hydrogen) atoms. The molecule has 0 atom stereocenters. The molecule has 0 N–H and O–H groups in total. The minimum absolute atomic E-state index is 0.779. The maximum absolute atomic E-state index is 4.73. The van der Waals surface area contributed by atoms with Crippen molar-refractivity contribution in [1.82, 2.24) is 10.2 Å². The summed E-state index contributed by atoms with van der Waals surface area (Å²) in [6.07, 6.45) is 1.57. The summed E-state index contributed by atoms with van der Waals surface area (Å²) in [5, 5.41) is 9.43. The van der Waals surface area contributed by atoms with Gasteiger partial charge in [0.05, 0.1) is 11.4 Å². The molecule has 0 aliphatic rings. The molecule has 2 nitrogen and oxygen atoms in total. The first-order valence-corrected chi connectivity index (χ1v) is 11.0. The standard InChI is InChI=1S/C26H24N2S/c1-2-29-26-24(19-21-14-8-4-9-15-21)28-27-23(18-20-12-6-3-7-13-20)25(26)22-16-10-5-11-17-22/h3-17H,2,18-19H2,1H3. The van der Waals surface area contributed by atoms with Gasteiger partial charge >= 0.3 is 0 Å². The Morgan fingerprint density at radius 3 is 1.66 bits per heavy atom. The van der Waals surface area contributed by atoms with Crippen molar-refractivity contribution in [2.75, 3.05) is 5.75 Å². The molecule has 0 saturated heterocycles. The van der Waals surface area contributed by atoms with E-state index in [0.717, 1.165) is 30.0 Å². The van der Waals surface area contributed by atoms with Crippen LogP contribution in [-0.4, -0.2) is 16.0 Å². The molecule has 0 aliphatic carbocycles. The third kappa shape index (κ3) is 4.75. The van der Waals surface area contributed by atoms with Crippen molar-refractivity contribution in [3.05, 3.63) is 114 Å². The van der Waals surface area contributed by atoms with Gasteiger partial charge in [-0.05, 0) is 22.4 Å². The number of nitrogens with zero attached hydrogens (tertiary/aromatic N) is 2. The van der Waals surface area contributed by atoms with Crippen LogP contribution in [0.15, 0.2) is 95.9 Å². The second-order valence-electron chi connectivity index (χ2n) is 6.92. The molecular weight excluding hydrogens is 372 g/mol. The highest BCUT2D eigenvalue weighted by Gasteiger charge is 2.18. The van der Waals surface area contributed by atoms with Crippen LogP contribution < -0.4 is 0 Å². The lowest BCUT2D eigenvalue weighted by atomic mass is 9.98. The minimum atomic E-state index is 0.779. The number of benzene rings is 3. The molecule has 0 aliphatic heterocycles. The third-order valence-corrected chi connectivity index (χ3v) is 5.87. The number of hydrogen-bond acceptors (Lipinski definition) is 3. The zero-order valence-electron chi connectivity index (χ0n) is 16.6. The van der Waals surface area contributed by atoms with Gasteiger partial charge in [-0.15, -0.1) is 11.8 Å². The average molecular weight is 397 g/mol. The summed E-state index contributed by atoms with van der Waals surface area (Å²) < 4.78 is 0. The van der Waals surface area contributed by atoms with Crippen LogP contribution in [0.4, 0.5) is 0 Å². The molecule has 4 rings (SSSR count). The van der Waals surface area contributed by atoms with Gasteiger partial charge in [-0.1, -0.05) is 97.9 Å². The Bertz CT molecular complexity index is 1050. The Morgan fingerprint density at radius 2 is 1.10 bits per heavy atom. The van der Waals surface area contributed by atoms with Gasteiger partial charge in [-0.2, -0.15) is 10.2 Å². The fourth-order valence-corrected chi connectivity index (χ4v) is 4.46. The van der Waals surface area contributed by atoms with Gasteiger partial charge in [0.25, 0.3) is 0 Å². The first-order valence-electron chi connectivity index (χ1n) is 9.99. The lowest BCUT2D eigenvalue weighted by Gasteiger charge is -2.17. The van der Waals surface area contributed by atoms with E-state index in [2.05, 4.69) is 97.9 Å². The van der Waals surface area contributed by atoms with Crippen molar-refractivity contribution in [3.63, 3.8) is 0 Å². The summed E-state index contributed by atoms with van der Waals surface area (Å²) in [7, 11) is 0. The van der Waals surface area contributed by atoms with Gasteiger partial charge in [0.15, 0.2) is 0 Å². The summed E-state index contributed by atoms with van der Waals surface area (Å²) in [5.74, 6) is 0.998. The number of hydrogen-bond donors (Lipinski definition) is 0. The summed E-state index contributed by atoms with van der Waals surface area (Å²) in [6, 6.07) is 31.7. The molecule has 0 saturated carbocycles. The van der Waals surface area contributed by atoms with Crippen LogP contribution in [0, 0.1) is 0 Å². The molecular formula is C26H24N2S. The van der Waals surface area contributed by atoms with E-state index >= 15 is 0 Å². The fourth-order valence-electron chi connectivity index (χ4n) is 3.51. The molecule has 144 valence electrons. The van der Waals surface area contributed by atoms with Gasteiger partial charge in [-0.25, -0.2) is 0 Å². The van der Waals surface area contributed by atoms with E-state index in [0.29, 0.717) is 0 Å². The highest BCUT2D eigenvalue weighted by Crippen LogP contribution is 2.37. The van der Waals surface area contributed by atoms with E-state index in [1.165, 1.54) is 27.1 Å². The Morgan fingerprint density at radius 1 is 0.621 bits per heavy atom. The first kappa shape index (κ1) is 19.4. The van der Waals surface area contributed by atoms with Gasteiger partial charge in [0.2, 0.25) is 0 Å². The second kappa shape index (κ2) is 9.53. The molecule has 4 aromatic rings. The predicted octanol–water partition coefficient (Wildman–Crippen LogP) is 6.44. The second-order valence-corrected chi connectivity index (χ2v) is 8.20. The first-order chi connectivity index (χ1) is 14.3. The molecule has 0 spiro atoms. The van der Waals surface area contributed by atoms with Crippen LogP contribution in [0.3, 0.4) is 0 Å². The number of thioether (sulfide) groups is 1. The van der Waals surface area contributed by atoms with E-state index in [9.17, 15) is 0 Å². The van der Waals surface area contributed by atoms with Crippen molar-refractivity contribution in [1.29, 1.82) is 0 Å². The van der Waals surface area contributed by atoms with Crippen LogP contribution in [0.2, 0.25) is 0 Å². The smallest absolute Gasteiger partial charge is 0.0816 e. The lowest BCUT2D eigenvalue weighted by molar-refractivity contribution is 0.852. The monoisotopic (exact) mass is 396 g/mol. The van der Waals surface area contributed by atoms with E-state index < -0.39 is 0 Å². The largest absolute Gasteiger partial charge is 0.154 e. The molecule has 0 radical (unpaired) electrons. The Kier molecular flexibility index (Phi) is 6.38. The van der Waals surface area contributed by atoms with Gasteiger partial charge in [0.1, 0.15) is 0 Å². The maximum atomic E-state index is 4.73. The zero-order chi connectivity index (χ0) is 19.9. The van der Waals surface area contributed by atoms with Gasteiger partial charge in [-0.3, -0.25) is 0 Å². The zero-order valence-corrected chi connectivity index (χ0v) is 17.4. The van der Waals surface area contributed by atoms with Crippen molar-refractivity contribution in [3.8, 4) is 11.1 Å². The molecule has 3 aromatic carbocycles. The summed E-state index contributed by atoms with van der Waals surface area (Å²) >= 11 is 1.86. The van der Waals surface area contributed by atoms with E-state index in [1.54, 1.807) is 0 Å². The molecule has 3 heteroatoms. The van der Waals surface area contributed by atoms with Crippen molar-refractivity contribution >= 4 is 11.8 Å². The average Bonchev–Trinajstić information content (AvgIpc) is 2.78. The number of rotatable bonds is 7. The predicted molar refractivity (Wildman–Crippen MR) is 122 cm³/mol. The van der Waals surface area contributed by atoms with E-state index in [1.807, 2.05) is 11.8 Å². The maximum Gasteiger partial charge on any atom is 0.0816 e. The van der Waals surface area contributed by atoms with Gasteiger partial charge in [0, 0.05) is 23.3 Å². The molecule has 0 unspecified atom stereocenters. The molecule has 0 bridgehead atoms. The Hall–Kier alpha value is -2.91. The normalized spacial score (nSPS) is 10.8. The van der Waals surface area contributed by atoms with Crippen LogP contribution in [-0.2, 0) is 12.8 Å². The van der Waals surface area contributed by atoms with Crippen LogP contribution in [0.1, 0.15) is 29.4 Å². The number of aromatic nitrogens is 2. The van der Waals surface area contributed by atoms with E-state index in [-0.39, 0.29) is 0 Å². The highest BCUT2D eigenvalue weighted by molar-refractivity contribution is 7.99. The van der Waals surface area contributed by atoms with Gasteiger partial charge < -0.3 is 0 Å². The molecule has 1 aromatic heterocycles. The van der Waals surface area contributed by atoms with Crippen molar-refractivity contribution < 1.29 is 0 Å².